The number of hydrogen-bond donors (Lipinski definition) is 0. The SMILES string of the molecule is CCCCCCCCCC[C@@H]1C(=O)N(c2nc(C)cc(C)n2)N=C1C. The smallest absolute Gasteiger partial charge is 0.258 e. The highest BCUT2D eigenvalue weighted by Crippen LogP contribution is 2.25. The molecule has 5 heteroatoms. The molecule has 25 heavy (non-hydrogen) atoms. The maximum absolute atomic E-state index is 12.7. The van der Waals surface area contributed by atoms with E-state index in [1.807, 2.05) is 26.8 Å². The molecule has 0 N–H and O–H groups in total. The summed E-state index contributed by atoms with van der Waals surface area (Å²) in [5, 5.41) is 5.82. The van der Waals surface area contributed by atoms with Gasteiger partial charge in [0.2, 0.25) is 0 Å². The van der Waals surface area contributed by atoms with Crippen LogP contribution in [0.2, 0.25) is 0 Å². The largest absolute Gasteiger partial charge is 0.272 e. The van der Waals surface area contributed by atoms with Gasteiger partial charge in [0.15, 0.2) is 0 Å². The van der Waals surface area contributed by atoms with Crippen LogP contribution in [0.1, 0.15) is 83.0 Å². The van der Waals surface area contributed by atoms with Gasteiger partial charge < -0.3 is 0 Å². The van der Waals surface area contributed by atoms with Crippen molar-refractivity contribution < 1.29 is 4.79 Å². The van der Waals surface area contributed by atoms with E-state index in [-0.39, 0.29) is 11.8 Å². The maximum atomic E-state index is 12.7. The highest BCUT2D eigenvalue weighted by molar-refractivity contribution is 6.14. The first-order valence-corrected chi connectivity index (χ1v) is 9.74. The molecular formula is C20H32N4O. The van der Waals surface area contributed by atoms with Crippen LogP contribution in [0.4, 0.5) is 5.95 Å². The molecule has 0 aliphatic carbocycles. The predicted molar refractivity (Wildman–Crippen MR) is 103 cm³/mol. The van der Waals surface area contributed by atoms with Crippen molar-refractivity contribution in [1.82, 2.24) is 9.97 Å². The monoisotopic (exact) mass is 344 g/mol. The molecule has 0 bridgehead atoms. The second-order valence-electron chi connectivity index (χ2n) is 7.16. The molecular weight excluding hydrogens is 312 g/mol. The van der Waals surface area contributed by atoms with E-state index in [0.717, 1.165) is 29.9 Å². The van der Waals surface area contributed by atoms with Crippen LogP contribution in [0.25, 0.3) is 0 Å². The molecule has 0 saturated heterocycles. The molecule has 2 heterocycles. The summed E-state index contributed by atoms with van der Waals surface area (Å²) in [5.74, 6) is 0.315. The van der Waals surface area contributed by atoms with Crippen molar-refractivity contribution in [2.75, 3.05) is 5.01 Å². The first kappa shape index (κ1) is 19.5. The molecule has 1 aliphatic heterocycles. The molecule has 1 amide bonds. The second-order valence-corrected chi connectivity index (χ2v) is 7.16. The third kappa shape index (κ3) is 5.62. The van der Waals surface area contributed by atoms with Crippen molar-refractivity contribution in [2.24, 2.45) is 11.0 Å². The lowest BCUT2D eigenvalue weighted by Gasteiger charge is -2.13. The van der Waals surface area contributed by atoms with Gasteiger partial charge in [-0.2, -0.15) is 10.1 Å². The van der Waals surface area contributed by atoms with Crippen LogP contribution in [0.5, 0.6) is 0 Å². The average Bonchev–Trinajstić information content (AvgIpc) is 2.84. The Morgan fingerprint density at radius 3 is 2.08 bits per heavy atom. The number of aromatic nitrogens is 2. The molecule has 0 saturated carbocycles. The zero-order valence-corrected chi connectivity index (χ0v) is 16.2. The molecule has 0 spiro atoms. The minimum absolute atomic E-state index is 0.0189. The summed E-state index contributed by atoms with van der Waals surface area (Å²) in [7, 11) is 0. The average molecular weight is 345 g/mol. The fraction of sp³-hybridized carbons (Fsp3) is 0.700. The Morgan fingerprint density at radius 2 is 1.48 bits per heavy atom. The van der Waals surface area contributed by atoms with Crippen LogP contribution < -0.4 is 5.01 Å². The molecule has 2 rings (SSSR count). The predicted octanol–water partition coefficient (Wildman–Crippen LogP) is 4.96. The van der Waals surface area contributed by atoms with E-state index in [1.54, 1.807) is 0 Å². The van der Waals surface area contributed by atoms with Crippen molar-refractivity contribution in [3.63, 3.8) is 0 Å². The van der Waals surface area contributed by atoms with Crippen LogP contribution in [0, 0.1) is 19.8 Å². The van der Waals surface area contributed by atoms with Crippen LogP contribution >= 0.6 is 0 Å². The van der Waals surface area contributed by atoms with Crippen LogP contribution in [0.15, 0.2) is 11.2 Å². The number of amides is 1. The first-order valence-electron chi connectivity index (χ1n) is 9.74. The van der Waals surface area contributed by atoms with Gasteiger partial charge in [0, 0.05) is 17.1 Å². The highest BCUT2D eigenvalue weighted by atomic mass is 16.2. The molecule has 0 radical (unpaired) electrons. The topological polar surface area (TPSA) is 58.5 Å². The van der Waals surface area contributed by atoms with Crippen molar-refractivity contribution >= 4 is 17.6 Å². The quantitative estimate of drug-likeness (QED) is 0.563. The third-order valence-corrected chi connectivity index (χ3v) is 4.78. The Kier molecular flexibility index (Phi) is 7.53. The minimum atomic E-state index is -0.107. The van der Waals surface area contributed by atoms with Crippen molar-refractivity contribution in [2.45, 2.75) is 85.5 Å². The molecule has 1 aliphatic rings. The van der Waals surface area contributed by atoms with E-state index < -0.39 is 0 Å². The van der Waals surface area contributed by atoms with Gasteiger partial charge in [0.1, 0.15) is 0 Å². The lowest BCUT2D eigenvalue weighted by Crippen LogP contribution is -2.28. The molecule has 0 fully saturated rings. The Bertz CT molecular complexity index is 591. The summed E-state index contributed by atoms with van der Waals surface area (Å²) in [4.78, 5) is 21.4. The number of hydrazone groups is 1. The van der Waals surface area contributed by atoms with Crippen molar-refractivity contribution in [1.29, 1.82) is 0 Å². The van der Waals surface area contributed by atoms with E-state index >= 15 is 0 Å². The van der Waals surface area contributed by atoms with E-state index in [2.05, 4.69) is 22.0 Å². The fourth-order valence-corrected chi connectivity index (χ4v) is 3.36. The molecule has 138 valence electrons. The van der Waals surface area contributed by atoms with Gasteiger partial charge in [-0.05, 0) is 33.3 Å². The molecule has 0 aromatic carbocycles. The molecule has 0 unspecified atom stereocenters. The summed E-state index contributed by atoms with van der Waals surface area (Å²) in [6, 6.07) is 1.90. The number of aryl methyl sites for hydroxylation is 2. The lowest BCUT2D eigenvalue weighted by molar-refractivity contribution is -0.120. The fourth-order valence-electron chi connectivity index (χ4n) is 3.36. The summed E-state index contributed by atoms with van der Waals surface area (Å²) in [6.07, 6.45) is 11.1. The molecule has 1 aromatic heterocycles. The Hall–Kier alpha value is -1.78. The highest BCUT2D eigenvalue weighted by Gasteiger charge is 2.35. The maximum Gasteiger partial charge on any atom is 0.258 e. The van der Waals surface area contributed by atoms with E-state index in [1.165, 1.54) is 50.0 Å². The molecule has 5 nitrogen and oxygen atoms in total. The number of anilines is 1. The molecule has 1 aromatic rings. The Morgan fingerprint density at radius 1 is 0.920 bits per heavy atom. The number of nitrogens with zero attached hydrogens (tertiary/aromatic N) is 4. The van der Waals surface area contributed by atoms with Gasteiger partial charge in [-0.3, -0.25) is 4.79 Å². The van der Waals surface area contributed by atoms with E-state index in [9.17, 15) is 4.79 Å². The van der Waals surface area contributed by atoms with Gasteiger partial charge >= 0.3 is 0 Å². The second kappa shape index (κ2) is 9.64. The van der Waals surface area contributed by atoms with Gasteiger partial charge in [-0.25, -0.2) is 9.97 Å². The van der Waals surface area contributed by atoms with Crippen LogP contribution in [0.3, 0.4) is 0 Å². The standard InChI is InChI=1S/C20H32N4O/c1-5-6-7-8-9-10-11-12-13-18-17(4)23-24(19(18)25)20-21-15(2)14-16(3)22-20/h14,18H,5-13H2,1-4H3/t18-/m0/s1. The Balaban J connectivity index is 1.80. The first-order chi connectivity index (χ1) is 12.0. The summed E-state index contributed by atoms with van der Waals surface area (Å²) >= 11 is 0. The Labute approximate surface area is 151 Å². The van der Waals surface area contributed by atoms with Gasteiger partial charge in [-0.15, -0.1) is 0 Å². The minimum Gasteiger partial charge on any atom is -0.272 e. The summed E-state index contributed by atoms with van der Waals surface area (Å²) < 4.78 is 0. The summed E-state index contributed by atoms with van der Waals surface area (Å²) in [6.45, 7) is 8.01. The number of rotatable bonds is 10. The van der Waals surface area contributed by atoms with Gasteiger partial charge in [-0.1, -0.05) is 58.3 Å². The lowest BCUT2D eigenvalue weighted by atomic mass is 9.96. The number of hydrogen-bond acceptors (Lipinski definition) is 4. The number of carbonyl (C=O) groups is 1. The van der Waals surface area contributed by atoms with E-state index in [4.69, 9.17) is 0 Å². The number of carbonyl (C=O) groups excluding carboxylic acids is 1. The van der Waals surface area contributed by atoms with Crippen molar-refractivity contribution in [3.8, 4) is 0 Å². The van der Waals surface area contributed by atoms with Gasteiger partial charge in [0.25, 0.3) is 11.9 Å². The zero-order chi connectivity index (χ0) is 18.2. The van der Waals surface area contributed by atoms with E-state index in [0.29, 0.717) is 5.95 Å². The zero-order valence-electron chi connectivity index (χ0n) is 16.2. The normalized spacial score (nSPS) is 17.3. The summed E-state index contributed by atoms with van der Waals surface area (Å²) in [5.41, 5.74) is 2.60. The van der Waals surface area contributed by atoms with Crippen LogP contribution in [-0.4, -0.2) is 21.6 Å². The van der Waals surface area contributed by atoms with Gasteiger partial charge in [0.05, 0.1) is 5.92 Å². The number of unbranched alkanes of at least 4 members (excludes halogenated alkanes) is 7. The van der Waals surface area contributed by atoms with Crippen molar-refractivity contribution in [3.05, 3.63) is 17.5 Å². The van der Waals surface area contributed by atoms with Crippen LogP contribution in [-0.2, 0) is 4.79 Å². The molecule has 1 atom stereocenters. The third-order valence-electron chi connectivity index (χ3n) is 4.78.